The van der Waals surface area contributed by atoms with Gasteiger partial charge in [-0.1, -0.05) is 13.0 Å². The van der Waals surface area contributed by atoms with E-state index < -0.39 is 0 Å². The minimum atomic E-state index is 0.169. The monoisotopic (exact) mass is 298 g/mol. The fraction of sp³-hybridized carbons (Fsp3) is 0.471. The van der Waals surface area contributed by atoms with Crippen LogP contribution in [0.15, 0.2) is 37.1 Å². The number of aromatic nitrogens is 3. The fourth-order valence-electron chi connectivity index (χ4n) is 3.21. The van der Waals surface area contributed by atoms with Crippen molar-refractivity contribution in [1.29, 1.82) is 0 Å². The molecule has 5 nitrogen and oxygen atoms in total. The zero-order valence-electron chi connectivity index (χ0n) is 13.1. The lowest BCUT2D eigenvalue weighted by Gasteiger charge is -2.25. The van der Waals surface area contributed by atoms with Gasteiger partial charge in [0.25, 0.3) is 0 Å². The maximum Gasteiger partial charge on any atom is 0.223 e. The zero-order chi connectivity index (χ0) is 15.5. The van der Waals surface area contributed by atoms with Gasteiger partial charge < -0.3 is 9.47 Å². The van der Waals surface area contributed by atoms with Crippen LogP contribution in [-0.2, 0) is 18.3 Å². The van der Waals surface area contributed by atoms with E-state index in [2.05, 4.69) is 23.0 Å². The molecule has 0 saturated carbocycles. The number of rotatable bonds is 4. The van der Waals surface area contributed by atoms with Gasteiger partial charge in [-0.05, 0) is 30.4 Å². The number of likely N-dealkylation sites (tertiary alicyclic amines) is 1. The van der Waals surface area contributed by atoms with Crippen molar-refractivity contribution in [1.82, 2.24) is 19.4 Å². The number of nitrogens with zero attached hydrogens (tertiary/aromatic N) is 4. The molecule has 1 aliphatic heterocycles. The van der Waals surface area contributed by atoms with Crippen LogP contribution in [0, 0.1) is 5.92 Å². The summed E-state index contributed by atoms with van der Waals surface area (Å²) < 4.78 is 1.97. The molecule has 5 heteroatoms. The van der Waals surface area contributed by atoms with Crippen LogP contribution < -0.4 is 0 Å². The van der Waals surface area contributed by atoms with E-state index in [-0.39, 0.29) is 11.9 Å². The standard InChI is InChI=1S/C17H22N4O/c1-13-8-16(14-4-3-7-18-9-14)21(11-13)17(22)6-5-15-10-19-12-20(15)2/h3-4,7,9-10,12-13,16H,5-6,8,11H2,1-2H3/t13-,16-/m1/s1. The third kappa shape index (κ3) is 3.03. The van der Waals surface area contributed by atoms with Crippen molar-refractivity contribution >= 4 is 5.91 Å². The maximum atomic E-state index is 12.7. The van der Waals surface area contributed by atoms with Gasteiger partial charge in [-0.15, -0.1) is 0 Å². The van der Waals surface area contributed by atoms with E-state index in [1.54, 1.807) is 12.5 Å². The average Bonchev–Trinajstić information content (AvgIpc) is 3.11. The zero-order valence-corrected chi connectivity index (χ0v) is 13.1. The van der Waals surface area contributed by atoms with Crippen LogP contribution in [0.4, 0.5) is 0 Å². The van der Waals surface area contributed by atoms with Crippen molar-refractivity contribution in [2.45, 2.75) is 32.2 Å². The Balaban J connectivity index is 1.69. The number of carbonyl (C=O) groups is 1. The second-order valence-electron chi connectivity index (χ2n) is 6.19. The molecule has 22 heavy (non-hydrogen) atoms. The first-order valence-corrected chi connectivity index (χ1v) is 7.79. The number of pyridine rings is 1. The van der Waals surface area contributed by atoms with Crippen LogP contribution in [0.1, 0.15) is 37.1 Å². The molecule has 3 rings (SSSR count). The molecule has 2 aromatic heterocycles. The first kappa shape index (κ1) is 14.8. The van der Waals surface area contributed by atoms with Gasteiger partial charge in [-0.3, -0.25) is 9.78 Å². The van der Waals surface area contributed by atoms with Crippen molar-refractivity contribution in [3.05, 3.63) is 48.3 Å². The van der Waals surface area contributed by atoms with E-state index in [1.165, 1.54) is 0 Å². The number of imidazole rings is 1. The quantitative estimate of drug-likeness (QED) is 0.870. The second-order valence-corrected chi connectivity index (χ2v) is 6.19. The summed E-state index contributed by atoms with van der Waals surface area (Å²) in [6, 6.07) is 4.18. The number of amides is 1. The normalized spacial score (nSPS) is 21.3. The Hall–Kier alpha value is -2.17. The minimum absolute atomic E-state index is 0.169. The lowest BCUT2D eigenvalue weighted by atomic mass is 10.0. The highest BCUT2D eigenvalue weighted by Gasteiger charge is 2.33. The Morgan fingerprint density at radius 2 is 2.23 bits per heavy atom. The Bertz CT molecular complexity index is 637. The maximum absolute atomic E-state index is 12.7. The van der Waals surface area contributed by atoms with Crippen molar-refractivity contribution in [2.75, 3.05) is 6.54 Å². The van der Waals surface area contributed by atoms with Gasteiger partial charge >= 0.3 is 0 Å². The topological polar surface area (TPSA) is 51.0 Å². The van der Waals surface area contributed by atoms with Gasteiger partial charge in [-0.2, -0.15) is 0 Å². The number of aryl methyl sites for hydroxylation is 2. The first-order chi connectivity index (χ1) is 10.6. The summed E-state index contributed by atoms with van der Waals surface area (Å²) >= 11 is 0. The van der Waals surface area contributed by atoms with Gasteiger partial charge in [0, 0.05) is 44.3 Å². The second kappa shape index (κ2) is 6.30. The van der Waals surface area contributed by atoms with E-state index >= 15 is 0 Å². The Morgan fingerprint density at radius 1 is 1.36 bits per heavy atom. The molecule has 3 heterocycles. The molecular weight excluding hydrogens is 276 g/mol. The van der Waals surface area contributed by atoms with Gasteiger partial charge in [0.1, 0.15) is 0 Å². The predicted molar refractivity (Wildman–Crippen MR) is 84.0 cm³/mol. The SMILES string of the molecule is C[C@@H]1C[C@H](c2cccnc2)N(C(=O)CCc2cncn2C)C1. The summed E-state index contributed by atoms with van der Waals surface area (Å²) in [6.45, 7) is 3.04. The number of hydrogen-bond donors (Lipinski definition) is 0. The molecule has 2 aromatic rings. The summed E-state index contributed by atoms with van der Waals surface area (Å²) in [7, 11) is 1.96. The van der Waals surface area contributed by atoms with Crippen LogP contribution in [0.5, 0.6) is 0 Å². The van der Waals surface area contributed by atoms with E-state index in [4.69, 9.17) is 0 Å². The van der Waals surface area contributed by atoms with Gasteiger partial charge in [-0.25, -0.2) is 4.98 Å². The van der Waals surface area contributed by atoms with Crippen LogP contribution in [0.2, 0.25) is 0 Å². The molecule has 1 fully saturated rings. The summed E-state index contributed by atoms with van der Waals surface area (Å²) in [4.78, 5) is 23.0. The Kier molecular flexibility index (Phi) is 4.22. The van der Waals surface area contributed by atoms with E-state index in [0.717, 1.165) is 30.6 Å². The van der Waals surface area contributed by atoms with Gasteiger partial charge in [0.2, 0.25) is 5.91 Å². The van der Waals surface area contributed by atoms with E-state index in [9.17, 15) is 4.79 Å². The van der Waals surface area contributed by atoms with E-state index in [1.807, 2.05) is 35.0 Å². The van der Waals surface area contributed by atoms with Gasteiger partial charge in [0.15, 0.2) is 0 Å². The molecule has 0 unspecified atom stereocenters. The highest BCUT2D eigenvalue weighted by atomic mass is 16.2. The predicted octanol–water partition coefficient (Wildman–Crippen LogP) is 2.36. The number of hydrogen-bond acceptors (Lipinski definition) is 3. The summed E-state index contributed by atoms with van der Waals surface area (Å²) in [5.74, 6) is 0.755. The lowest BCUT2D eigenvalue weighted by molar-refractivity contribution is -0.132. The first-order valence-electron chi connectivity index (χ1n) is 7.79. The Labute approximate surface area is 131 Å². The minimum Gasteiger partial charge on any atom is -0.338 e. The molecule has 0 aromatic carbocycles. The molecule has 116 valence electrons. The highest BCUT2D eigenvalue weighted by molar-refractivity contribution is 5.77. The molecule has 1 aliphatic rings. The number of carbonyl (C=O) groups excluding carboxylic acids is 1. The smallest absolute Gasteiger partial charge is 0.223 e. The third-order valence-corrected chi connectivity index (χ3v) is 4.41. The largest absolute Gasteiger partial charge is 0.338 e. The highest BCUT2D eigenvalue weighted by Crippen LogP contribution is 2.35. The molecular formula is C17H22N4O. The van der Waals surface area contributed by atoms with Crippen LogP contribution in [-0.4, -0.2) is 31.9 Å². The Morgan fingerprint density at radius 3 is 2.91 bits per heavy atom. The molecule has 1 saturated heterocycles. The molecule has 2 atom stereocenters. The molecule has 0 aliphatic carbocycles. The third-order valence-electron chi connectivity index (χ3n) is 4.41. The van der Waals surface area contributed by atoms with Crippen molar-refractivity contribution in [3.63, 3.8) is 0 Å². The molecule has 0 bridgehead atoms. The molecule has 0 N–H and O–H groups in total. The van der Waals surface area contributed by atoms with Crippen molar-refractivity contribution in [2.24, 2.45) is 13.0 Å². The van der Waals surface area contributed by atoms with Crippen molar-refractivity contribution < 1.29 is 4.79 Å². The van der Waals surface area contributed by atoms with Gasteiger partial charge in [0.05, 0.1) is 12.4 Å². The van der Waals surface area contributed by atoms with Crippen LogP contribution in [0.25, 0.3) is 0 Å². The van der Waals surface area contributed by atoms with E-state index in [0.29, 0.717) is 12.3 Å². The lowest BCUT2D eigenvalue weighted by Crippen LogP contribution is -2.31. The fourth-order valence-corrected chi connectivity index (χ4v) is 3.21. The van der Waals surface area contributed by atoms with Crippen LogP contribution >= 0.6 is 0 Å². The van der Waals surface area contributed by atoms with Crippen LogP contribution in [0.3, 0.4) is 0 Å². The average molecular weight is 298 g/mol. The van der Waals surface area contributed by atoms with Crippen molar-refractivity contribution in [3.8, 4) is 0 Å². The summed E-state index contributed by atoms with van der Waals surface area (Å²) in [5.41, 5.74) is 2.24. The summed E-state index contributed by atoms with van der Waals surface area (Å²) in [5, 5.41) is 0. The molecule has 1 amide bonds. The molecule has 0 radical (unpaired) electrons. The molecule has 0 spiro atoms. The summed E-state index contributed by atoms with van der Waals surface area (Å²) in [6.07, 6.45) is 9.54.